The molecule has 0 spiro atoms. The Hall–Kier alpha value is -1.56. The quantitative estimate of drug-likeness (QED) is 0.813. The van der Waals surface area contributed by atoms with Gasteiger partial charge in [0.2, 0.25) is 0 Å². The van der Waals surface area contributed by atoms with Crippen LogP contribution in [-0.4, -0.2) is 18.7 Å². The number of Topliss-reactive ketones (excluding diaryl/α,β-unsaturated/α-hetero) is 1. The van der Waals surface area contributed by atoms with Gasteiger partial charge in [-0.25, -0.2) is 0 Å². The smallest absolute Gasteiger partial charge is 0.405 e. The van der Waals surface area contributed by atoms with Gasteiger partial charge >= 0.3 is 6.36 Å². The van der Waals surface area contributed by atoms with Gasteiger partial charge in [-0.1, -0.05) is 12.1 Å². The fraction of sp³-hybridized carbons (Fsp3) is 0.364. The fourth-order valence-electron chi connectivity index (χ4n) is 1.31. The number of alkyl halides is 3. The number of benzene rings is 1. The van der Waals surface area contributed by atoms with E-state index in [1.165, 1.54) is 18.2 Å². The van der Waals surface area contributed by atoms with Crippen molar-refractivity contribution in [3.63, 3.8) is 0 Å². The molecule has 0 aliphatic rings. The first kappa shape index (κ1) is 13.5. The second kappa shape index (κ2) is 5.67. The lowest BCUT2D eigenvalue weighted by atomic mass is 10.1. The number of ketones is 1. The number of halogens is 3. The van der Waals surface area contributed by atoms with E-state index >= 15 is 0 Å². The van der Waals surface area contributed by atoms with Crippen molar-refractivity contribution in [3.8, 4) is 5.75 Å². The van der Waals surface area contributed by atoms with Gasteiger partial charge < -0.3 is 10.5 Å². The summed E-state index contributed by atoms with van der Waals surface area (Å²) in [4.78, 5) is 11.6. The number of carbonyl (C=O) groups is 1. The van der Waals surface area contributed by atoms with Gasteiger partial charge in [-0.15, -0.1) is 13.2 Å². The van der Waals surface area contributed by atoms with Gasteiger partial charge in [-0.2, -0.15) is 0 Å². The monoisotopic (exact) mass is 247 g/mol. The highest BCUT2D eigenvalue weighted by Gasteiger charge is 2.32. The van der Waals surface area contributed by atoms with Crippen LogP contribution in [0.5, 0.6) is 5.75 Å². The molecule has 0 aliphatic carbocycles. The summed E-state index contributed by atoms with van der Waals surface area (Å²) in [5.41, 5.74) is 5.16. The van der Waals surface area contributed by atoms with E-state index < -0.39 is 17.9 Å². The molecule has 94 valence electrons. The molecule has 1 aromatic rings. The Kier molecular flexibility index (Phi) is 4.51. The molecule has 17 heavy (non-hydrogen) atoms. The summed E-state index contributed by atoms with van der Waals surface area (Å²) in [6.45, 7) is 0.314. The zero-order valence-electron chi connectivity index (χ0n) is 8.96. The average Bonchev–Trinajstić information content (AvgIpc) is 2.24. The Morgan fingerprint density at radius 2 is 1.94 bits per heavy atom. The van der Waals surface area contributed by atoms with Crippen LogP contribution in [-0.2, 0) is 0 Å². The Morgan fingerprint density at radius 3 is 2.53 bits per heavy atom. The van der Waals surface area contributed by atoms with E-state index in [2.05, 4.69) is 4.74 Å². The van der Waals surface area contributed by atoms with Gasteiger partial charge in [0.15, 0.2) is 5.78 Å². The minimum Gasteiger partial charge on any atom is -0.405 e. The molecule has 0 fully saturated rings. The number of hydrogen-bond donors (Lipinski definition) is 1. The van der Waals surface area contributed by atoms with E-state index in [4.69, 9.17) is 5.73 Å². The van der Waals surface area contributed by atoms with E-state index in [9.17, 15) is 18.0 Å². The molecule has 0 amide bonds. The van der Waals surface area contributed by atoms with Crippen LogP contribution >= 0.6 is 0 Å². The van der Waals surface area contributed by atoms with E-state index in [1.807, 2.05) is 0 Å². The van der Waals surface area contributed by atoms with Crippen molar-refractivity contribution in [2.45, 2.75) is 19.2 Å². The predicted molar refractivity (Wildman–Crippen MR) is 55.7 cm³/mol. The van der Waals surface area contributed by atoms with E-state index in [0.29, 0.717) is 13.0 Å². The number of rotatable bonds is 5. The molecule has 0 unspecified atom stereocenters. The summed E-state index contributed by atoms with van der Waals surface area (Å²) in [6.07, 6.45) is -4.27. The molecule has 0 aromatic heterocycles. The summed E-state index contributed by atoms with van der Waals surface area (Å²) in [5, 5.41) is 0. The third-order valence-corrected chi connectivity index (χ3v) is 2.02. The summed E-state index contributed by atoms with van der Waals surface area (Å²) in [7, 11) is 0. The van der Waals surface area contributed by atoms with Crippen LogP contribution < -0.4 is 10.5 Å². The number of nitrogens with two attached hydrogens (primary N) is 1. The Bertz CT molecular complexity index is 391. The molecule has 0 saturated carbocycles. The van der Waals surface area contributed by atoms with Crippen molar-refractivity contribution in [1.29, 1.82) is 0 Å². The summed E-state index contributed by atoms with van der Waals surface area (Å²) in [6, 6.07) is 5.28. The van der Waals surface area contributed by atoms with Gasteiger partial charge in [0.25, 0.3) is 0 Å². The highest BCUT2D eigenvalue weighted by Crippen LogP contribution is 2.27. The zero-order chi connectivity index (χ0) is 12.9. The van der Waals surface area contributed by atoms with Crippen LogP contribution in [0.2, 0.25) is 0 Å². The molecule has 0 radical (unpaired) electrons. The molecule has 0 saturated heterocycles. The number of ether oxygens (including phenoxy) is 1. The molecular weight excluding hydrogens is 235 g/mol. The summed E-state index contributed by atoms with van der Waals surface area (Å²) < 4.78 is 40.0. The maximum atomic E-state index is 12.1. The first-order chi connectivity index (χ1) is 7.94. The molecule has 1 aromatic carbocycles. The Labute approximate surface area is 96.4 Å². The van der Waals surface area contributed by atoms with Gasteiger partial charge in [0.1, 0.15) is 5.75 Å². The Balaban J connectivity index is 2.88. The maximum Gasteiger partial charge on any atom is 0.573 e. The predicted octanol–water partition coefficient (Wildman–Crippen LogP) is 2.51. The van der Waals surface area contributed by atoms with Gasteiger partial charge in [-0.05, 0) is 25.1 Å². The van der Waals surface area contributed by atoms with E-state index in [1.54, 1.807) is 0 Å². The van der Waals surface area contributed by atoms with Crippen LogP contribution in [0.1, 0.15) is 23.2 Å². The van der Waals surface area contributed by atoms with Crippen molar-refractivity contribution in [3.05, 3.63) is 29.8 Å². The summed E-state index contributed by atoms with van der Waals surface area (Å²) >= 11 is 0. The second-order valence-electron chi connectivity index (χ2n) is 3.36. The van der Waals surface area contributed by atoms with Crippen molar-refractivity contribution >= 4 is 5.78 Å². The zero-order valence-corrected chi connectivity index (χ0v) is 8.96. The molecule has 2 N–H and O–H groups in total. The molecule has 0 heterocycles. The van der Waals surface area contributed by atoms with Crippen molar-refractivity contribution in [2.75, 3.05) is 6.54 Å². The maximum absolute atomic E-state index is 12.1. The minimum atomic E-state index is -4.80. The van der Waals surface area contributed by atoms with Crippen LogP contribution in [0.3, 0.4) is 0 Å². The first-order valence-electron chi connectivity index (χ1n) is 5.02. The molecular formula is C11H12F3NO2. The lowest BCUT2D eigenvalue weighted by Crippen LogP contribution is -2.19. The minimum absolute atomic E-state index is 0.0710. The van der Waals surface area contributed by atoms with Crippen LogP contribution in [0, 0.1) is 0 Å². The lowest BCUT2D eigenvalue weighted by Gasteiger charge is -2.12. The van der Waals surface area contributed by atoms with Gasteiger partial charge in [0.05, 0.1) is 5.56 Å². The molecule has 3 nitrogen and oxygen atoms in total. The van der Waals surface area contributed by atoms with Crippen LogP contribution in [0.25, 0.3) is 0 Å². The fourth-order valence-corrected chi connectivity index (χ4v) is 1.31. The van der Waals surface area contributed by atoms with E-state index in [0.717, 1.165) is 6.07 Å². The third-order valence-electron chi connectivity index (χ3n) is 2.02. The standard InChI is InChI=1S/C11H12F3NO2/c12-11(13,14)17-10-6-2-1-4-8(10)9(16)5-3-7-15/h1-2,4,6H,3,5,7,15H2. The van der Waals surface area contributed by atoms with Crippen molar-refractivity contribution in [1.82, 2.24) is 0 Å². The van der Waals surface area contributed by atoms with Crippen molar-refractivity contribution in [2.24, 2.45) is 5.73 Å². The normalized spacial score (nSPS) is 11.3. The van der Waals surface area contributed by atoms with E-state index in [-0.39, 0.29) is 12.0 Å². The molecule has 0 bridgehead atoms. The highest BCUT2D eigenvalue weighted by molar-refractivity contribution is 5.98. The molecule has 0 atom stereocenters. The second-order valence-corrected chi connectivity index (χ2v) is 3.36. The van der Waals surface area contributed by atoms with Crippen LogP contribution in [0.4, 0.5) is 13.2 Å². The SMILES string of the molecule is NCCCC(=O)c1ccccc1OC(F)(F)F. The molecule has 6 heteroatoms. The topological polar surface area (TPSA) is 52.3 Å². The average molecular weight is 247 g/mol. The lowest BCUT2D eigenvalue weighted by molar-refractivity contribution is -0.274. The third kappa shape index (κ3) is 4.44. The number of carbonyl (C=O) groups excluding carboxylic acids is 1. The number of para-hydroxylation sites is 1. The largest absolute Gasteiger partial charge is 0.573 e. The molecule has 0 aliphatic heterocycles. The van der Waals surface area contributed by atoms with Gasteiger partial charge in [-0.3, -0.25) is 4.79 Å². The first-order valence-corrected chi connectivity index (χ1v) is 5.02. The molecule has 1 rings (SSSR count). The Morgan fingerprint density at radius 1 is 1.29 bits per heavy atom. The van der Waals surface area contributed by atoms with Gasteiger partial charge in [0, 0.05) is 6.42 Å². The highest BCUT2D eigenvalue weighted by atomic mass is 19.4. The van der Waals surface area contributed by atoms with Crippen LogP contribution in [0.15, 0.2) is 24.3 Å². The number of hydrogen-bond acceptors (Lipinski definition) is 3. The van der Waals surface area contributed by atoms with Crippen molar-refractivity contribution < 1.29 is 22.7 Å². The summed E-state index contributed by atoms with van der Waals surface area (Å²) in [5.74, 6) is -0.877.